The van der Waals surface area contributed by atoms with Gasteiger partial charge in [0.05, 0.1) is 12.2 Å². The first kappa shape index (κ1) is 13.6. The third-order valence-electron chi connectivity index (χ3n) is 3.32. The number of amides is 1. The smallest absolute Gasteiger partial charge is 0.338 e. The highest BCUT2D eigenvalue weighted by Gasteiger charge is 2.25. The molecule has 0 aromatic heterocycles. The largest absolute Gasteiger partial charge is 0.462 e. The predicted molar refractivity (Wildman–Crippen MR) is 73.3 cm³/mol. The Kier molecular flexibility index (Phi) is 3.88. The minimum absolute atomic E-state index is 0.0386. The standard InChI is InChI=1S/C15H19NO3/c1-4-19-15(18)12-5-6-14-13(8-12)7-10(2)9-16(14)11(3)17/h5-6,8,10H,4,7,9H2,1-3H3. The van der Waals surface area contributed by atoms with Crippen molar-refractivity contribution in [3.05, 3.63) is 29.3 Å². The average Bonchev–Trinajstić information content (AvgIpc) is 2.37. The molecular formula is C15H19NO3. The van der Waals surface area contributed by atoms with Crippen LogP contribution < -0.4 is 4.90 Å². The number of esters is 1. The summed E-state index contributed by atoms with van der Waals surface area (Å²) in [6, 6.07) is 5.41. The second-order valence-electron chi connectivity index (χ2n) is 5.00. The Morgan fingerprint density at radius 1 is 1.42 bits per heavy atom. The van der Waals surface area contributed by atoms with Crippen molar-refractivity contribution >= 4 is 17.6 Å². The van der Waals surface area contributed by atoms with Crippen molar-refractivity contribution in [3.63, 3.8) is 0 Å². The molecule has 0 fully saturated rings. The van der Waals surface area contributed by atoms with Crippen LogP contribution in [-0.2, 0) is 16.0 Å². The van der Waals surface area contributed by atoms with E-state index >= 15 is 0 Å². The summed E-state index contributed by atoms with van der Waals surface area (Å²) >= 11 is 0. The minimum Gasteiger partial charge on any atom is -0.462 e. The summed E-state index contributed by atoms with van der Waals surface area (Å²) in [6.45, 7) is 6.57. The van der Waals surface area contributed by atoms with Crippen LogP contribution in [0.1, 0.15) is 36.7 Å². The van der Waals surface area contributed by atoms with Crippen LogP contribution in [0.15, 0.2) is 18.2 Å². The molecule has 1 aromatic rings. The molecule has 102 valence electrons. The van der Waals surface area contributed by atoms with Crippen molar-refractivity contribution in [1.82, 2.24) is 0 Å². The highest BCUT2D eigenvalue weighted by molar-refractivity contribution is 5.95. The highest BCUT2D eigenvalue weighted by atomic mass is 16.5. The van der Waals surface area contributed by atoms with E-state index in [0.717, 1.165) is 24.2 Å². The minimum atomic E-state index is -0.307. The third kappa shape index (κ3) is 2.78. The molecule has 19 heavy (non-hydrogen) atoms. The van der Waals surface area contributed by atoms with Gasteiger partial charge in [0.25, 0.3) is 0 Å². The molecule has 1 aromatic carbocycles. The number of anilines is 1. The molecule has 1 aliphatic heterocycles. The van der Waals surface area contributed by atoms with Gasteiger partial charge in [0, 0.05) is 19.2 Å². The number of nitrogens with zero attached hydrogens (tertiary/aromatic N) is 1. The molecule has 0 saturated heterocycles. The van der Waals surface area contributed by atoms with Crippen molar-refractivity contribution < 1.29 is 14.3 Å². The zero-order valence-electron chi connectivity index (χ0n) is 11.6. The first-order valence-electron chi connectivity index (χ1n) is 6.61. The second-order valence-corrected chi connectivity index (χ2v) is 5.00. The van der Waals surface area contributed by atoms with E-state index in [2.05, 4.69) is 6.92 Å². The summed E-state index contributed by atoms with van der Waals surface area (Å²) in [5.41, 5.74) is 2.51. The normalized spacial score (nSPS) is 17.8. The van der Waals surface area contributed by atoms with E-state index in [1.54, 1.807) is 24.8 Å². The van der Waals surface area contributed by atoms with E-state index < -0.39 is 0 Å². The number of benzene rings is 1. The van der Waals surface area contributed by atoms with Gasteiger partial charge >= 0.3 is 5.97 Å². The van der Waals surface area contributed by atoms with Gasteiger partial charge in [-0.2, -0.15) is 0 Å². The number of carbonyl (C=O) groups is 2. The van der Waals surface area contributed by atoms with Crippen molar-refractivity contribution in [3.8, 4) is 0 Å². The number of fused-ring (bicyclic) bond motifs is 1. The van der Waals surface area contributed by atoms with Crippen molar-refractivity contribution in [2.45, 2.75) is 27.2 Å². The fraction of sp³-hybridized carbons (Fsp3) is 0.467. The van der Waals surface area contributed by atoms with Crippen LogP contribution in [-0.4, -0.2) is 25.0 Å². The van der Waals surface area contributed by atoms with Gasteiger partial charge in [0.2, 0.25) is 5.91 Å². The monoisotopic (exact) mass is 261 g/mol. The Bertz CT molecular complexity index is 510. The highest BCUT2D eigenvalue weighted by Crippen LogP contribution is 2.30. The van der Waals surface area contributed by atoms with E-state index in [-0.39, 0.29) is 11.9 Å². The number of carbonyl (C=O) groups excluding carboxylic acids is 2. The maximum atomic E-state index is 11.7. The Labute approximate surface area is 113 Å². The number of rotatable bonds is 2. The lowest BCUT2D eigenvalue weighted by Gasteiger charge is -2.32. The van der Waals surface area contributed by atoms with Crippen LogP contribution in [0.3, 0.4) is 0 Å². The summed E-state index contributed by atoms with van der Waals surface area (Å²) in [7, 11) is 0. The molecule has 0 bridgehead atoms. The summed E-state index contributed by atoms with van der Waals surface area (Å²) in [5.74, 6) is 0.128. The lowest BCUT2D eigenvalue weighted by molar-refractivity contribution is -0.116. The Morgan fingerprint density at radius 2 is 2.16 bits per heavy atom. The quantitative estimate of drug-likeness (QED) is 0.768. The van der Waals surface area contributed by atoms with Gasteiger partial charge in [-0.05, 0) is 43.0 Å². The lowest BCUT2D eigenvalue weighted by atomic mass is 9.92. The van der Waals surface area contributed by atoms with Gasteiger partial charge in [-0.3, -0.25) is 4.79 Å². The molecule has 0 radical (unpaired) electrons. The number of hydrogen-bond donors (Lipinski definition) is 0. The van der Waals surface area contributed by atoms with Gasteiger partial charge in [-0.15, -0.1) is 0 Å². The number of ether oxygens (including phenoxy) is 1. The van der Waals surface area contributed by atoms with Gasteiger partial charge < -0.3 is 9.64 Å². The lowest BCUT2D eigenvalue weighted by Crippen LogP contribution is -2.37. The van der Waals surface area contributed by atoms with E-state index in [9.17, 15) is 9.59 Å². The molecular weight excluding hydrogens is 242 g/mol. The molecule has 1 unspecified atom stereocenters. The van der Waals surface area contributed by atoms with Gasteiger partial charge in [0.1, 0.15) is 0 Å². The van der Waals surface area contributed by atoms with Gasteiger partial charge in [-0.25, -0.2) is 4.79 Å². The fourth-order valence-corrected chi connectivity index (χ4v) is 2.50. The molecule has 4 heteroatoms. The summed E-state index contributed by atoms with van der Waals surface area (Å²) in [5, 5.41) is 0. The maximum absolute atomic E-state index is 11.7. The zero-order valence-corrected chi connectivity index (χ0v) is 11.6. The van der Waals surface area contributed by atoms with Gasteiger partial charge in [-0.1, -0.05) is 6.92 Å². The molecule has 4 nitrogen and oxygen atoms in total. The second kappa shape index (κ2) is 5.43. The predicted octanol–water partition coefficient (Wildman–Crippen LogP) is 2.41. The van der Waals surface area contributed by atoms with Gasteiger partial charge in [0.15, 0.2) is 0 Å². The Hall–Kier alpha value is -1.84. The molecule has 0 N–H and O–H groups in total. The summed E-state index contributed by atoms with van der Waals surface area (Å²) in [4.78, 5) is 25.2. The first-order valence-corrected chi connectivity index (χ1v) is 6.61. The van der Waals surface area contributed by atoms with E-state index in [1.807, 2.05) is 12.1 Å². The zero-order chi connectivity index (χ0) is 14.0. The van der Waals surface area contributed by atoms with E-state index in [4.69, 9.17) is 4.74 Å². The molecule has 2 rings (SSSR count). The van der Waals surface area contributed by atoms with Crippen LogP contribution >= 0.6 is 0 Å². The van der Waals surface area contributed by atoms with Crippen molar-refractivity contribution in [1.29, 1.82) is 0 Å². The van der Waals surface area contributed by atoms with Crippen molar-refractivity contribution in [2.24, 2.45) is 5.92 Å². The topological polar surface area (TPSA) is 46.6 Å². The van der Waals surface area contributed by atoms with Crippen LogP contribution in [0.5, 0.6) is 0 Å². The Balaban J connectivity index is 2.36. The van der Waals surface area contributed by atoms with Crippen LogP contribution in [0, 0.1) is 5.92 Å². The molecule has 0 aliphatic carbocycles. The molecule has 1 aliphatic rings. The molecule has 0 spiro atoms. The SMILES string of the molecule is CCOC(=O)c1ccc2c(c1)CC(C)CN2C(C)=O. The molecule has 1 atom stereocenters. The van der Waals surface area contributed by atoms with Crippen LogP contribution in [0.2, 0.25) is 0 Å². The average molecular weight is 261 g/mol. The first-order chi connectivity index (χ1) is 9.02. The van der Waals surface area contributed by atoms with Crippen LogP contribution in [0.4, 0.5) is 5.69 Å². The number of hydrogen-bond acceptors (Lipinski definition) is 3. The van der Waals surface area contributed by atoms with E-state index in [1.165, 1.54) is 0 Å². The van der Waals surface area contributed by atoms with Crippen LogP contribution in [0.25, 0.3) is 0 Å². The molecule has 1 amide bonds. The summed E-state index contributed by atoms with van der Waals surface area (Å²) < 4.78 is 5.00. The summed E-state index contributed by atoms with van der Waals surface area (Å²) in [6.07, 6.45) is 0.881. The fourth-order valence-electron chi connectivity index (χ4n) is 2.50. The molecule has 0 saturated carbocycles. The maximum Gasteiger partial charge on any atom is 0.338 e. The van der Waals surface area contributed by atoms with Crippen molar-refractivity contribution in [2.75, 3.05) is 18.1 Å². The molecule has 1 heterocycles. The Morgan fingerprint density at radius 3 is 2.79 bits per heavy atom. The third-order valence-corrected chi connectivity index (χ3v) is 3.32. The van der Waals surface area contributed by atoms with E-state index in [0.29, 0.717) is 18.1 Å².